The van der Waals surface area contributed by atoms with Crippen molar-refractivity contribution in [3.63, 3.8) is 0 Å². The Morgan fingerprint density at radius 3 is 2.53 bits per heavy atom. The van der Waals surface area contributed by atoms with Crippen molar-refractivity contribution in [3.8, 4) is 0 Å². The number of aliphatic carboxylic acids is 1. The second-order valence-corrected chi connectivity index (χ2v) is 10.6. The standard InChI is InChI=1S/C21H30ClN5O3/c1-25-2-4-26(5-3-25)24-16-12-23-27(19(30)18(16)22)21-9-14-6-15(10-21)8-20(7-14,13-21)11-17(28)29/h12,14-15,24H,2-11,13H2,1H3,(H,28,29)/t14-,15-,20?,21?/m0/s1. The summed E-state index contributed by atoms with van der Waals surface area (Å²) < 4.78 is 1.61. The Bertz CT molecular complexity index is 896. The van der Waals surface area contributed by atoms with Gasteiger partial charge in [0.1, 0.15) is 5.02 Å². The molecule has 1 saturated heterocycles. The molecule has 164 valence electrons. The number of rotatable bonds is 5. The maximum atomic E-state index is 13.3. The Labute approximate surface area is 181 Å². The number of piperazine rings is 1. The van der Waals surface area contributed by atoms with Crippen LogP contribution in [0.4, 0.5) is 5.69 Å². The van der Waals surface area contributed by atoms with Crippen molar-refractivity contribution >= 4 is 23.3 Å². The maximum Gasteiger partial charge on any atom is 0.303 e. The molecule has 4 bridgehead atoms. The second kappa shape index (κ2) is 7.21. The third-order valence-electron chi connectivity index (χ3n) is 7.83. The van der Waals surface area contributed by atoms with Gasteiger partial charge in [0.25, 0.3) is 5.56 Å². The number of hydrogen-bond donors (Lipinski definition) is 2. The molecule has 0 radical (unpaired) electrons. The van der Waals surface area contributed by atoms with Crippen LogP contribution in [0.2, 0.25) is 5.02 Å². The number of carboxylic acid groups (broad SMARTS) is 1. The first-order valence-corrected chi connectivity index (χ1v) is 11.4. The number of hydrogen-bond acceptors (Lipinski definition) is 6. The van der Waals surface area contributed by atoms with Crippen LogP contribution in [-0.4, -0.2) is 64.0 Å². The molecule has 1 aliphatic heterocycles. The molecule has 4 aliphatic carbocycles. The molecule has 1 aromatic rings. The molecule has 2 N–H and O–H groups in total. The highest BCUT2D eigenvalue weighted by molar-refractivity contribution is 6.32. The molecule has 0 aromatic carbocycles. The Morgan fingerprint density at radius 2 is 1.90 bits per heavy atom. The molecule has 0 amide bonds. The first-order valence-electron chi connectivity index (χ1n) is 11.0. The van der Waals surface area contributed by atoms with E-state index < -0.39 is 11.5 Å². The first kappa shape index (κ1) is 20.3. The molecule has 0 spiro atoms. The van der Waals surface area contributed by atoms with Crippen LogP contribution >= 0.6 is 11.6 Å². The number of nitrogens with zero attached hydrogens (tertiary/aromatic N) is 4. The van der Waals surface area contributed by atoms with Crippen LogP contribution in [0.25, 0.3) is 0 Å². The lowest BCUT2D eigenvalue weighted by atomic mass is 9.46. The zero-order valence-electron chi connectivity index (χ0n) is 17.4. The quantitative estimate of drug-likeness (QED) is 0.732. The summed E-state index contributed by atoms with van der Waals surface area (Å²) in [5.41, 5.74) is 2.95. The fourth-order valence-electron chi connectivity index (χ4n) is 7.11. The SMILES string of the molecule is CN1CCN(Nc2cnn(C34C[C@H]5C[C@@H](CC(CC(=O)O)(C5)C3)C4)c(=O)c2Cl)CC1. The summed E-state index contributed by atoms with van der Waals surface area (Å²) in [6.07, 6.45) is 7.45. The van der Waals surface area contributed by atoms with E-state index in [1.165, 1.54) is 0 Å². The highest BCUT2D eigenvalue weighted by atomic mass is 35.5. The smallest absolute Gasteiger partial charge is 0.303 e. The number of nitrogens with one attached hydrogen (secondary N) is 1. The van der Waals surface area contributed by atoms with Crippen molar-refractivity contribution in [2.75, 3.05) is 38.7 Å². The van der Waals surface area contributed by atoms with Crippen LogP contribution < -0.4 is 11.0 Å². The van der Waals surface area contributed by atoms with Gasteiger partial charge in [-0.25, -0.2) is 9.69 Å². The van der Waals surface area contributed by atoms with Crippen molar-refractivity contribution < 1.29 is 9.90 Å². The summed E-state index contributed by atoms with van der Waals surface area (Å²) in [6.45, 7) is 3.60. The Morgan fingerprint density at radius 1 is 1.23 bits per heavy atom. The van der Waals surface area contributed by atoms with E-state index >= 15 is 0 Å². The summed E-state index contributed by atoms with van der Waals surface area (Å²) in [5.74, 6) is 0.208. The second-order valence-electron chi connectivity index (χ2n) is 10.2. The number of anilines is 1. The van der Waals surface area contributed by atoms with E-state index in [0.717, 1.165) is 58.3 Å². The summed E-state index contributed by atoms with van der Waals surface area (Å²) in [6, 6.07) is 0. The van der Waals surface area contributed by atoms with E-state index in [2.05, 4.69) is 27.5 Å². The minimum Gasteiger partial charge on any atom is -0.481 e. The van der Waals surface area contributed by atoms with Gasteiger partial charge in [-0.1, -0.05) is 11.6 Å². The average Bonchev–Trinajstić information content (AvgIpc) is 2.65. The molecule has 2 atom stereocenters. The molecule has 30 heavy (non-hydrogen) atoms. The van der Waals surface area contributed by atoms with Crippen molar-refractivity contribution in [3.05, 3.63) is 21.6 Å². The summed E-state index contributed by atoms with van der Waals surface area (Å²) in [4.78, 5) is 27.1. The van der Waals surface area contributed by atoms with Gasteiger partial charge < -0.3 is 15.4 Å². The van der Waals surface area contributed by atoms with E-state index in [1.54, 1.807) is 10.9 Å². The monoisotopic (exact) mass is 435 g/mol. The van der Waals surface area contributed by atoms with Crippen LogP contribution in [0.15, 0.2) is 11.0 Å². The molecule has 5 fully saturated rings. The highest BCUT2D eigenvalue weighted by Gasteiger charge is 2.59. The minimum absolute atomic E-state index is 0.173. The van der Waals surface area contributed by atoms with Gasteiger partial charge in [-0.3, -0.25) is 9.59 Å². The van der Waals surface area contributed by atoms with Crippen molar-refractivity contribution in [1.29, 1.82) is 0 Å². The van der Waals surface area contributed by atoms with Crippen molar-refractivity contribution in [1.82, 2.24) is 19.7 Å². The molecule has 5 aliphatic rings. The predicted octanol–water partition coefficient (Wildman–Crippen LogP) is 2.24. The van der Waals surface area contributed by atoms with E-state index in [0.29, 0.717) is 23.9 Å². The average molecular weight is 436 g/mol. The Balaban J connectivity index is 1.43. The molecular formula is C21H30ClN5O3. The predicted molar refractivity (Wildman–Crippen MR) is 114 cm³/mol. The normalized spacial score (nSPS) is 36.2. The number of aromatic nitrogens is 2. The fourth-order valence-corrected chi connectivity index (χ4v) is 7.29. The third kappa shape index (κ3) is 3.42. The largest absolute Gasteiger partial charge is 0.481 e. The lowest BCUT2D eigenvalue weighted by molar-refractivity contribution is -0.151. The van der Waals surface area contributed by atoms with E-state index in [9.17, 15) is 14.7 Å². The number of hydrazine groups is 1. The third-order valence-corrected chi connectivity index (χ3v) is 8.19. The molecule has 2 heterocycles. The minimum atomic E-state index is -0.739. The lowest BCUT2D eigenvalue weighted by Crippen LogP contribution is -2.59. The van der Waals surface area contributed by atoms with Crippen molar-refractivity contribution in [2.45, 2.75) is 50.5 Å². The number of carboxylic acids is 1. The van der Waals surface area contributed by atoms with Gasteiger partial charge in [-0.2, -0.15) is 5.10 Å². The highest BCUT2D eigenvalue weighted by Crippen LogP contribution is 2.65. The zero-order chi connectivity index (χ0) is 21.1. The molecule has 8 nitrogen and oxygen atoms in total. The molecule has 6 rings (SSSR count). The van der Waals surface area contributed by atoms with Gasteiger partial charge in [0.15, 0.2) is 0 Å². The molecule has 1 aromatic heterocycles. The molecule has 9 heteroatoms. The fraction of sp³-hybridized carbons (Fsp3) is 0.762. The maximum absolute atomic E-state index is 13.3. The Kier molecular flexibility index (Phi) is 4.87. The van der Waals surface area contributed by atoms with Crippen LogP contribution in [0.5, 0.6) is 0 Å². The summed E-state index contributed by atoms with van der Waals surface area (Å²) in [7, 11) is 2.09. The zero-order valence-corrected chi connectivity index (χ0v) is 18.2. The van der Waals surface area contributed by atoms with Gasteiger partial charge in [-0.15, -0.1) is 0 Å². The van der Waals surface area contributed by atoms with Gasteiger partial charge in [-0.05, 0) is 62.8 Å². The van der Waals surface area contributed by atoms with Crippen LogP contribution in [-0.2, 0) is 10.3 Å². The number of carbonyl (C=O) groups is 1. The lowest BCUT2D eigenvalue weighted by Gasteiger charge is -2.61. The van der Waals surface area contributed by atoms with E-state index in [4.69, 9.17) is 11.6 Å². The molecule has 4 saturated carbocycles. The summed E-state index contributed by atoms with van der Waals surface area (Å²) in [5, 5.41) is 16.3. The van der Waals surface area contributed by atoms with E-state index in [-0.39, 0.29) is 22.4 Å². The molecule has 0 unspecified atom stereocenters. The van der Waals surface area contributed by atoms with E-state index in [1.807, 2.05) is 0 Å². The van der Waals surface area contributed by atoms with Crippen LogP contribution in [0, 0.1) is 17.3 Å². The van der Waals surface area contributed by atoms with Gasteiger partial charge in [0, 0.05) is 26.2 Å². The van der Waals surface area contributed by atoms with Gasteiger partial charge >= 0.3 is 5.97 Å². The molecular weight excluding hydrogens is 406 g/mol. The number of likely N-dealkylation sites (N-methyl/N-ethyl adjacent to an activating group) is 1. The Hall–Kier alpha value is -1.64. The van der Waals surface area contributed by atoms with Crippen LogP contribution in [0.1, 0.15) is 44.9 Å². The van der Waals surface area contributed by atoms with Crippen molar-refractivity contribution in [2.24, 2.45) is 17.3 Å². The summed E-state index contributed by atoms with van der Waals surface area (Å²) >= 11 is 6.54. The van der Waals surface area contributed by atoms with Gasteiger partial charge in [0.2, 0.25) is 0 Å². The van der Waals surface area contributed by atoms with Gasteiger partial charge in [0.05, 0.1) is 23.8 Å². The number of halogens is 1. The topological polar surface area (TPSA) is 90.7 Å². The van der Waals surface area contributed by atoms with Crippen LogP contribution in [0.3, 0.4) is 0 Å². The first-order chi connectivity index (χ1) is 14.3.